The lowest BCUT2D eigenvalue weighted by Crippen LogP contribution is -2.44. The molecule has 3 aromatic heterocycles. The molecule has 35 heavy (non-hydrogen) atoms. The molecule has 0 unspecified atom stereocenters. The number of likely N-dealkylation sites (N-methyl/N-ethyl adjacent to an activating group) is 1. The largest absolute Gasteiger partial charge is 0.376 e. The summed E-state index contributed by atoms with van der Waals surface area (Å²) < 4.78 is 0. The van der Waals surface area contributed by atoms with Gasteiger partial charge < -0.3 is 14.7 Å². The van der Waals surface area contributed by atoms with Crippen LogP contribution in [0.3, 0.4) is 0 Å². The summed E-state index contributed by atoms with van der Waals surface area (Å²) in [6.45, 7) is 3.84. The number of ketones is 1. The second-order valence-corrected chi connectivity index (χ2v) is 9.36. The van der Waals surface area contributed by atoms with Crippen LogP contribution in [0.25, 0.3) is 21.9 Å². The Morgan fingerprint density at radius 2 is 1.71 bits per heavy atom. The van der Waals surface area contributed by atoms with Gasteiger partial charge >= 0.3 is 0 Å². The van der Waals surface area contributed by atoms with Gasteiger partial charge in [-0.1, -0.05) is 12.1 Å². The minimum Gasteiger partial charge on any atom is -0.376 e. The van der Waals surface area contributed by atoms with Gasteiger partial charge in [-0.2, -0.15) is 0 Å². The second kappa shape index (κ2) is 9.80. The zero-order valence-corrected chi connectivity index (χ0v) is 20.5. The van der Waals surface area contributed by atoms with Gasteiger partial charge in [-0.05, 0) is 48.3 Å². The summed E-state index contributed by atoms with van der Waals surface area (Å²) >= 11 is 0. The van der Waals surface area contributed by atoms with Crippen molar-refractivity contribution in [2.24, 2.45) is 0 Å². The van der Waals surface area contributed by atoms with Crippen LogP contribution in [0.4, 0.5) is 11.5 Å². The molecule has 1 aliphatic rings. The molecule has 7 heteroatoms. The van der Waals surface area contributed by atoms with Crippen molar-refractivity contribution in [3.63, 3.8) is 0 Å². The molecule has 0 N–H and O–H groups in total. The first kappa shape index (κ1) is 22.9. The van der Waals surface area contributed by atoms with E-state index in [9.17, 15) is 4.79 Å². The number of pyridine rings is 3. The summed E-state index contributed by atoms with van der Waals surface area (Å²) in [6.07, 6.45) is 7.56. The summed E-state index contributed by atoms with van der Waals surface area (Å²) in [5.41, 5.74) is 4.63. The Balaban J connectivity index is 1.36. The normalized spacial score (nSPS) is 14.3. The average molecular weight is 467 g/mol. The molecule has 1 aromatic carbocycles. The van der Waals surface area contributed by atoms with Crippen molar-refractivity contribution in [3.05, 3.63) is 78.5 Å². The predicted octanol–water partition coefficient (Wildman–Crippen LogP) is 3.94. The average Bonchev–Trinajstić information content (AvgIpc) is 2.89. The first-order chi connectivity index (χ1) is 17.0. The van der Waals surface area contributed by atoms with Crippen molar-refractivity contribution < 1.29 is 4.79 Å². The quantitative estimate of drug-likeness (QED) is 0.399. The van der Waals surface area contributed by atoms with Gasteiger partial charge in [-0.3, -0.25) is 14.8 Å². The number of benzene rings is 1. The molecule has 1 fully saturated rings. The van der Waals surface area contributed by atoms with E-state index >= 15 is 0 Å². The lowest BCUT2D eigenvalue weighted by molar-refractivity contribution is 0.0992. The van der Waals surface area contributed by atoms with Gasteiger partial charge in [0.05, 0.1) is 18.3 Å². The van der Waals surface area contributed by atoms with Gasteiger partial charge in [0.15, 0.2) is 5.78 Å². The van der Waals surface area contributed by atoms with E-state index in [-0.39, 0.29) is 12.2 Å². The first-order valence-electron chi connectivity index (χ1n) is 11.9. The van der Waals surface area contributed by atoms with Gasteiger partial charge in [0.25, 0.3) is 0 Å². The lowest BCUT2D eigenvalue weighted by atomic mass is 10.0. The lowest BCUT2D eigenvalue weighted by Gasteiger charge is -2.33. The Morgan fingerprint density at radius 3 is 2.51 bits per heavy atom. The van der Waals surface area contributed by atoms with Gasteiger partial charge in [0.2, 0.25) is 0 Å². The topological polar surface area (TPSA) is 65.5 Å². The summed E-state index contributed by atoms with van der Waals surface area (Å²) in [5.74, 6) is 0.919. The number of nitrogens with zero attached hydrogens (tertiary/aromatic N) is 6. The molecule has 0 atom stereocenters. The van der Waals surface area contributed by atoms with Crippen LogP contribution in [0.1, 0.15) is 16.1 Å². The van der Waals surface area contributed by atoms with E-state index in [4.69, 9.17) is 0 Å². The van der Waals surface area contributed by atoms with Crippen molar-refractivity contribution in [2.75, 3.05) is 57.1 Å². The molecule has 0 radical (unpaired) electrons. The zero-order chi connectivity index (χ0) is 24.4. The number of anilines is 2. The highest BCUT2D eigenvalue weighted by Crippen LogP contribution is 2.27. The molecule has 4 aromatic rings. The van der Waals surface area contributed by atoms with Crippen LogP contribution < -0.4 is 9.80 Å². The predicted molar refractivity (Wildman–Crippen MR) is 141 cm³/mol. The Labute approximate surface area is 206 Å². The SMILES string of the molecule is CN1CCN(c2cc(C(=O)Cc3cc4cc(-c5cncc(N(C)C)c5)ccc4cn3)ccn2)CC1. The highest BCUT2D eigenvalue weighted by Gasteiger charge is 2.17. The number of hydrogen-bond acceptors (Lipinski definition) is 7. The first-order valence-corrected chi connectivity index (χ1v) is 11.9. The molecule has 0 saturated carbocycles. The van der Waals surface area contributed by atoms with Gasteiger partial charge in [-0.25, -0.2) is 4.98 Å². The molecule has 5 rings (SSSR count). The molecular weight excluding hydrogens is 436 g/mol. The van der Waals surface area contributed by atoms with Crippen LogP contribution in [0.15, 0.2) is 67.3 Å². The molecule has 1 aliphatic heterocycles. The molecule has 0 aliphatic carbocycles. The van der Waals surface area contributed by atoms with Gasteiger partial charge in [-0.15, -0.1) is 0 Å². The second-order valence-electron chi connectivity index (χ2n) is 9.36. The minimum absolute atomic E-state index is 0.0497. The number of aromatic nitrogens is 3. The number of carbonyl (C=O) groups excluding carboxylic acids is 1. The third kappa shape index (κ3) is 5.15. The van der Waals surface area contributed by atoms with Crippen LogP contribution in [0.5, 0.6) is 0 Å². The van der Waals surface area contributed by atoms with Crippen LogP contribution in [0, 0.1) is 0 Å². The number of fused-ring (bicyclic) bond motifs is 1. The van der Waals surface area contributed by atoms with Gasteiger partial charge in [0.1, 0.15) is 5.82 Å². The summed E-state index contributed by atoms with van der Waals surface area (Å²) in [7, 11) is 6.14. The molecule has 0 bridgehead atoms. The highest BCUT2D eigenvalue weighted by molar-refractivity contribution is 5.98. The van der Waals surface area contributed by atoms with Gasteiger partial charge in [0, 0.05) is 81.1 Å². The minimum atomic E-state index is 0.0497. The molecule has 1 saturated heterocycles. The smallest absolute Gasteiger partial charge is 0.169 e. The van der Waals surface area contributed by atoms with Crippen molar-refractivity contribution in [2.45, 2.75) is 6.42 Å². The van der Waals surface area contributed by atoms with E-state index in [0.29, 0.717) is 5.56 Å². The number of Topliss-reactive ketones (excluding diaryl/α,β-unsaturated/α-hetero) is 1. The van der Waals surface area contributed by atoms with E-state index in [1.165, 1.54) is 0 Å². The van der Waals surface area contributed by atoms with E-state index < -0.39 is 0 Å². The summed E-state index contributed by atoms with van der Waals surface area (Å²) in [4.78, 5) is 33.2. The fourth-order valence-electron chi connectivity index (χ4n) is 4.36. The Hall–Kier alpha value is -3.84. The van der Waals surface area contributed by atoms with Crippen molar-refractivity contribution in [1.82, 2.24) is 19.9 Å². The maximum atomic E-state index is 13.1. The van der Waals surface area contributed by atoms with E-state index in [0.717, 1.165) is 65.3 Å². The zero-order valence-electron chi connectivity index (χ0n) is 20.5. The Morgan fingerprint density at radius 1 is 0.886 bits per heavy atom. The van der Waals surface area contributed by atoms with Crippen LogP contribution in [-0.2, 0) is 6.42 Å². The van der Waals surface area contributed by atoms with Crippen molar-refractivity contribution in [1.29, 1.82) is 0 Å². The van der Waals surface area contributed by atoms with Crippen LogP contribution >= 0.6 is 0 Å². The number of piperazine rings is 1. The van der Waals surface area contributed by atoms with E-state index in [2.05, 4.69) is 56.1 Å². The van der Waals surface area contributed by atoms with Crippen molar-refractivity contribution in [3.8, 4) is 11.1 Å². The number of rotatable bonds is 6. The summed E-state index contributed by atoms with van der Waals surface area (Å²) in [5, 5.41) is 2.10. The fraction of sp³-hybridized carbons (Fsp3) is 0.286. The van der Waals surface area contributed by atoms with E-state index in [1.54, 1.807) is 12.3 Å². The fourth-order valence-corrected chi connectivity index (χ4v) is 4.36. The maximum Gasteiger partial charge on any atom is 0.169 e. The molecular formula is C28H30N6O. The molecule has 0 amide bonds. The molecule has 178 valence electrons. The standard InChI is InChI=1S/C28H30N6O/c1-32(2)26-14-24(17-29-19-26)20-4-5-22-18-31-25(13-23(22)12-20)16-27(35)21-6-7-30-28(15-21)34-10-8-33(3)9-11-34/h4-7,12-15,17-19H,8-11,16H2,1-3H3. The third-order valence-electron chi connectivity index (χ3n) is 6.59. The van der Waals surface area contributed by atoms with Crippen LogP contribution in [0.2, 0.25) is 0 Å². The van der Waals surface area contributed by atoms with Crippen molar-refractivity contribution >= 4 is 28.1 Å². The van der Waals surface area contributed by atoms with E-state index in [1.807, 2.05) is 49.7 Å². The highest BCUT2D eigenvalue weighted by atomic mass is 16.1. The Kier molecular flexibility index (Phi) is 6.42. The molecule has 7 nitrogen and oxygen atoms in total. The Bertz CT molecular complexity index is 1360. The molecule has 4 heterocycles. The monoisotopic (exact) mass is 466 g/mol. The number of carbonyl (C=O) groups is 1. The maximum absolute atomic E-state index is 13.1. The summed E-state index contributed by atoms with van der Waals surface area (Å²) in [6, 6.07) is 14.1. The van der Waals surface area contributed by atoms with Crippen LogP contribution in [-0.4, -0.2) is 73.0 Å². The molecule has 0 spiro atoms. The third-order valence-corrected chi connectivity index (χ3v) is 6.59. The number of hydrogen-bond donors (Lipinski definition) is 0.